The Morgan fingerprint density at radius 2 is 1.72 bits per heavy atom. The second-order valence-electron chi connectivity index (χ2n) is 6.81. The zero-order valence-electron chi connectivity index (χ0n) is 17.0. The summed E-state index contributed by atoms with van der Waals surface area (Å²) in [6.07, 6.45) is 2.13. The number of phenolic OH excluding ortho intramolecular Hbond substituents is 1. The van der Waals surface area contributed by atoms with Crippen molar-refractivity contribution in [2.45, 2.75) is 45.7 Å². The predicted molar refractivity (Wildman–Crippen MR) is 112 cm³/mol. The van der Waals surface area contributed by atoms with E-state index in [1.807, 2.05) is 26.0 Å². The van der Waals surface area contributed by atoms with Crippen molar-refractivity contribution in [1.82, 2.24) is 0 Å². The van der Waals surface area contributed by atoms with E-state index in [4.69, 9.17) is 4.74 Å². The average molecular weight is 404 g/mol. The van der Waals surface area contributed by atoms with Crippen LogP contribution in [0.15, 0.2) is 54.1 Å². The van der Waals surface area contributed by atoms with E-state index in [1.165, 1.54) is 19.2 Å². The molecule has 2 nitrogen and oxygen atoms in total. The van der Waals surface area contributed by atoms with Crippen LogP contribution in [-0.2, 0) is 6.18 Å². The van der Waals surface area contributed by atoms with Crippen molar-refractivity contribution in [3.63, 3.8) is 0 Å². The normalized spacial score (nSPS) is 12.9. The quantitative estimate of drug-likeness (QED) is 0.462. The maximum absolute atomic E-state index is 13.6. The summed E-state index contributed by atoms with van der Waals surface area (Å²) in [5.41, 5.74) is 2.06. The molecule has 0 fully saturated rings. The van der Waals surface area contributed by atoms with Gasteiger partial charge in [0.15, 0.2) is 11.5 Å². The lowest BCUT2D eigenvalue weighted by molar-refractivity contribution is -0.137. The summed E-state index contributed by atoms with van der Waals surface area (Å²) < 4.78 is 45.9. The van der Waals surface area contributed by atoms with E-state index in [0.717, 1.165) is 35.6 Å². The van der Waals surface area contributed by atoms with Gasteiger partial charge in [0.2, 0.25) is 0 Å². The molecule has 0 unspecified atom stereocenters. The van der Waals surface area contributed by atoms with Gasteiger partial charge in [-0.15, -0.1) is 0 Å². The Hall–Kier alpha value is -2.69. The number of halogens is 3. The molecule has 29 heavy (non-hydrogen) atoms. The number of benzene rings is 2. The van der Waals surface area contributed by atoms with E-state index in [2.05, 4.69) is 0 Å². The molecular weight excluding hydrogens is 377 g/mol. The molecule has 2 aromatic rings. The van der Waals surface area contributed by atoms with Crippen molar-refractivity contribution < 1.29 is 23.0 Å². The van der Waals surface area contributed by atoms with Crippen LogP contribution >= 0.6 is 0 Å². The van der Waals surface area contributed by atoms with E-state index in [0.29, 0.717) is 18.6 Å². The largest absolute Gasteiger partial charge is 0.504 e. The minimum atomic E-state index is -4.40. The van der Waals surface area contributed by atoms with Crippen LogP contribution in [0.1, 0.15) is 56.2 Å². The second-order valence-corrected chi connectivity index (χ2v) is 6.81. The highest BCUT2D eigenvalue weighted by Crippen LogP contribution is 2.38. The Morgan fingerprint density at radius 3 is 2.34 bits per heavy atom. The van der Waals surface area contributed by atoms with Gasteiger partial charge in [-0.3, -0.25) is 0 Å². The Labute approximate surface area is 170 Å². The van der Waals surface area contributed by atoms with Crippen molar-refractivity contribution in [3.05, 3.63) is 70.8 Å². The lowest BCUT2D eigenvalue weighted by atomic mass is 9.89. The second kappa shape index (κ2) is 10.2. The Bertz CT molecular complexity index is 880. The van der Waals surface area contributed by atoms with Gasteiger partial charge in [-0.2, -0.15) is 13.2 Å². The molecule has 0 aromatic heterocycles. The number of ether oxygens (including phenoxy) is 1. The van der Waals surface area contributed by atoms with Gasteiger partial charge in [-0.25, -0.2) is 0 Å². The molecule has 0 heterocycles. The zero-order valence-corrected chi connectivity index (χ0v) is 17.0. The highest BCUT2D eigenvalue weighted by molar-refractivity contribution is 5.75. The molecular formula is C24H27F3O2. The van der Waals surface area contributed by atoms with Crippen LogP contribution in [0.4, 0.5) is 13.2 Å². The number of phenols is 1. The minimum absolute atomic E-state index is 0.0414. The van der Waals surface area contributed by atoms with Gasteiger partial charge in [-0.05, 0) is 53.3 Å². The summed E-state index contributed by atoms with van der Waals surface area (Å²) in [6.45, 7) is 3.98. The highest BCUT2D eigenvalue weighted by Gasteiger charge is 2.33. The van der Waals surface area contributed by atoms with Gasteiger partial charge in [0.05, 0.1) is 12.7 Å². The third kappa shape index (κ3) is 5.89. The number of alkyl halides is 3. The summed E-state index contributed by atoms with van der Waals surface area (Å²) in [7, 11) is 1.47. The summed E-state index contributed by atoms with van der Waals surface area (Å²) in [4.78, 5) is 0. The molecule has 0 spiro atoms. The first kappa shape index (κ1) is 22.6. The van der Waals surface area contributed by atoms with Crippen LogP contribution in [0, 0.1) is 0 Å². The molecule has 2 aromatic carbocycles. The van der Waals surface area contributed by atoms with Crippen LogP contribution in [-0.4, -0.2) is 12.2 Å². The molecule has 0 radical (unpaired) electrons. The van der Waals surface area contributed by atoms with Crippen molar-refractivity contribution in [3.8, 4) is 11.5 Å². The van der Waals surface area contributed by atoms with Gasteiger partial charge in [0, 0.05) is 0 Å². The fourth-order valence-corrected chi connectivity index (χ4v) is 3.31. The lowest BCUT2D eigenvalue weighted by Gasteiger charge is -2.18. The van der Waals surface area contributed by atoms with Gasteiger partial charge < -0.3 is 9.84 Å². The fourth-order valence-electron chi connectivity index (χ4n) is 3.31. The smallest absolute Gasteiger partial charge is 0.416 e. The summed E-state index contributed by atoms with van der Waals surface area (Å²) in [5.74, 6) is 0.393. The molecule has 0 aliphatic carbocycles. The third-order valence-electron chi connectivity index (χ3n) is 4.65. The van der Waals surface area contributed by atoms with E-state index in [1.54, 1.807) is 24.3 Å². The molecule has 0 atom stereocenters. The van der Waals surface area contributed by atoms with Gasteiger partial charge in [-0.1, -0.05) is 63.1 Å². The fraction of sp³-hybridized carbons (Fsp3) is 0.333. The maximum Gasteiger partial charge on any atom is 0.416 e. The van der Waals surface area contributed by atoms with E-state index >= 15 is 0 Å². The number of methoxy groups -OCH3 is 1. The Balaban J connectivity index is 2.58. The highest BCUT2D eigenvalue weighted by atomic mass is 19.4. The Kier molecular flexibility index (Phi) is 7.94. The van der Waals surface area contributed by atoms with Crippen molar-refractivity contribution in [1.29, 1.82) is 0 Å². The number of allylic oxidation sites excluding steroid dienone is 3. The van der Waals surface area contributed by atoms with E-state index in [9.17, 15) is 18.3 Å². The average Bonchev–Trinajstić information content (AvgIpc) is 2.70. The van der Waals surface area contributed by atoms with Crippen LogP contribution in [0.25, 0.3) is 11.6 Å². The first-order valence-electron chi connectivity index (χ1n) is 9.75. The topological polar surface area (TPSA) is 29.5 Å². The number of rotatable bonds is 8. The molecule has 0 saturated heterocycles. The summed E-state index contributed by atoms with van der Waals surface area (Å²) >= 11 is 0. The van der Waals surface area contributed by atoms with Gasteiger partial charge >= 0.3 is 6.18 Å². The summed E-state index contributed by atoms with van der Waals surface area (Å²) in [5, 5.41) is 9.75. The molecule has 5 heteroatoms. The van der Waals surface area contributed by atoms with Crippen LogP contribution < -0.4 is 4.74 Å². The van der Waals surface area contributed by atoms with E-state index < -0.39 is 11.7 Å². The predicted octanol–water partition coefficient (Wildman–Crippen LogP) is 7.49. The standard InChI is InChI=1S/C24H27F3O2/c1-4-8-18(14-12-17-13-15-22(28)23(16-17)29-3)19(9-5-2)20-10-6-7-11-21(20)24(25,26)27/h6-7,10-16,28H,4-5,8-9H2,1-3H3/b14-12+,19-18+. The number of hydrogen-bond donors (Lipinski definition) is 1. The zero-order chi connectivity index (χ0) is 21.4. The first-order valence-corrected chi connectivity index (χ1v) is 9.75. The van der Waals surface area contributed by atoms with Crippen molar-refractivity contribution in [2.75, 3.05) is 7.11 Å². The molecule has 0 aliphatic heterocycles. The first-order chi connectivity index (χ1) is 13.8. The SMILES string of the molecule is CCCC(/C=C/c1ccc(O)c(OC)c1)=C(/CCC)c1ccccc1C(F)(F)F. The molecule has 0 amide bonds. The summed E-state index contributed by atoms with van der Waals surface area (Å²) in [6, 6.07) is 10.7. The molecule has 0 bridgehead atoms. The van der Waals surface area contributed by atoms with Crippen molar-refractivity contribution >= 4 is 11.6 Å². The van der Waals surface area contributed by atoms with Crippen molar-refractivity contribution in [2.24, 2.45) is 0 Å². The molecule has 0 saturated carbocycles. The molecule has 0 aliphatic rings. The maximum atomic E-state index is 13.6. The number of hydrogen-bond acceptors (Lipinski definition) is 2. The third-order valence-corrected chi connectivity index (χ3v) is 4.65. The van der Waals surface area contributed by atoms with Gasteiger partial charge in [0.1, 0.15) is 0 Å². The number of aromatic hydroxyl groups is 1. The Morgan fingerprint density at radius 1 is 1.03 bits per heavy atom. The van der Waals surface area contributed by atoms with Crippen LogP contribution in [0.5, 0.6) is 11.5 Å². The minimum Gasteiger partial charge on any atom is -0.504 e. The lowest BCUT2D eigenvalue weighted by Crippen LogP contribution is -2.09. The molecule has 1 N–H and O–H groups in total. The molecule has 156 valence electrons. The van der Waals surface area contributed by atoms with Crippen LogP contribution in [0.2, 0.25) is 0 Å². The monoisotopic (exact) mass is 404 g/mol. The van der Waals surface area contributed by atoms with E-state index in [-0.39, 0.29) is 11.3 Å². The van der Waals surface area contributed by atoms with Gasteiger partial charge in [0.25, 0.3) is 0 Å². The van der Waals surface area contributed by atoms with Crippen LogP contribution in [0.3, 0.4) is 0 Å². The molecule has 2 rings (SSSR count).